The first-order chi connectivity index (χ1) is 9.13. The first-order valence-electron chi connectivity index (χ1n) is 6.51. The monoisotopic (exact) mass is 275 g/mol. The van der Waals surface area contributed by atoms with Gasteiger partial charge in [0, 0.05) is 41.2 Å². The molecule has 0 saturated carbocycles. The second kappa shape index (κ2) is 4.81. The molecule has 5 heteroatoms. The molecule has 2 aromatic rings. The van der Waals surface area contributed by atoms with Crippen LogP contribution in [-0.4, -0.2) is 21.5 Å². The van der Waals surface area contributed by atoms with Crippen molar-refractivity contribution in [3.8, 4) is 0 Å². The number of rotatable bonds is 2. The summed E-state index contributed by atoms with van der Waals surface area (Å²) in [5, 5.41) is 3.14. The van der Waals surface area contributed by atoms with Gasteiger partial charge in [0.25, 0.3) is 5.91 Å². The van der Waals surface area contributed by atoms with E-state index in [1.165, 1.54) is 4.88 Å². The molecule has 1 N–H and O–H groups in total. The van der Waals surface area contributed by atoms with Gasteiger partial charge in [-0.25, -0.2) is 4.98 Å². The van der Waals surface area contributed by atoms with Crippen molar-refractivity contribution in [3.05, 3.63) is 39.6 Å². The van der Waals surface area contributed by atoms with E-state index in [1.54, 1.807) is 11.3 Å². The average Bonchev–Trinajstić information content (AvgIpc) is 2.94. The quantitative estimate of drug-likeness (QED) is 0.914. The Kier molecular flexibility index (Phi) is 3.14. The molecular formula is C14H17N3OS. The van der Waals surface area contributed by atoms with Crippen LogP contribution in [0.2, 0.25) is 0 Å². The number of hydrogen-bond acceptors (Lipinski definition) is 3. The van der Waals surface area contributed by atoms with Gasteiger partial charge in [0.05, 0.1) is 5.56 Å². The predicted octanol–water partition coefficient (Wildman–Crippen LogP) is 2.31. The number of carbonyl (C=O) groups excluding carboxylic acids is 1. The summed E-state index contributed by atoms with van der Waals surface area (Å²) in [5.74, 6) is 1.17. The lowest BCUT2D eigenvalue weighted by Crippen LogP contribution is -2.40. The molecule has 1 aliphatic heterocycles. The molecule has 0 aromatic carbocycles. The molecule has 1 amide bonds. The predicted molar refractivity (Wildman–Crippen MR) is 75.6 cm³/mol. The molecule has 0 radical (unpaired) electrons. The van der Waals surface area contributed by atoms with Crippen molar-refractivity contribution in [3.63, 3.8) is 0 Å². The average molecular weight is 275 g/mol. The van der Waals surface area contributed by atoms with Crippen LogP contribution in [0.25, 0.3) is 0 Å². The fraction of sp³-hybridized carbons (Fsp3) is 0.429. The summed E-state index contributed by atoms with van der Waals surface area (Å²) in [5.41, 5.74) is 0.818. The zero-order valence-electron chi connectivity index (χ0n) is 11.1. The minimum atomic E-state index is 0.0513. The Labute approximate surface area is 116 Å². The highest BCUT2D eigenvalue weighted by Gasteiger charge is 2.21. The number of nitrogens with one attached hydrogen (secondary N) is 1. The summed E-state index contributed by atoms with van der Waals surface area (Å²) in [4.78, 5) is 18.8. The van der Waals surface area contributed by atoms with Crippen LogP contribution < -0.4 is 5.32 Å². The molecule has 0 bridgehead atoms. The van der Waals surface area contributed by atoms with Gasteiger partial charge in [0.2, 0.25) is 0 Å². The number of aryl methyl sites for hydroxylation is 3. The van der Waals surface area contributed by atoms with Gasteiger partial charge in [-0.05, 0) is 26.3 Å². The fourth-order valence-corrected chi connectivity index (χ4v) is 3.53. The number of aromatic nitrogens is 2. The highest BCUT2D eigenvalue weighted by atomic mass is 32.1. The van der Waals surface area contributed by atoms with Gasteiger partial charge in [-0.3, -0.25) is 4.79 Å². The maximum atomic E-state index is 12.3. The maximum absolute atomic E-state index is 12.3. The Balaban J connectivity index is 1.70. The fourth-order valence-electron chi connectivity index (χ4n) is 2.60. The molecular weight excluding hydrogens is 258 g/mol. The number of nitrogens with zero attached hydrogens (tertiary/aromatic N) is 2. The Morgan fingerprint density at radius 3 is 3.11 bits per heavy atom. The third-order valence-electron chi connectivity index (χ3n) is 3.56. The van der Waals surface area contributed by atoms with Crippen LogP contribution >= 0.6 is 11.3 Å². The van der Waals surface area contributed by atoms with Crippen LogP contribution in [0.4, 0.5) is 0 Å². The molecule has 100 valence electrons. The molecule has 1 aliphatic rings. The summed E-state index contributed by atoms with van der Waals surface area (Å²) in [6.07, 6.45) is 5.70. The van der Waals surface area contributed by atoms with E-state index in [4.69, 9.17) is 0 Å². The molecule has 0 fully saturated rings. The SMILES string of the molecule is Cc1cc(C(=O)N[C@@H]2CCc3nccn3C2)c(C)s1. The van der Waals surface area contributed by atoms with Crippen LogP contribution in [0.15, 0.2) is 18.5 Å². The van der Waals surface area contributed by atoms with Gasteiger partial charge < -0.3 is 9.88 Å². The van der Waals surface area contributed by atoms with Crippen molar-refractivity contribution in [1.82, 2.24) is 14.9 Å². The van der Waals surface area contributed by atoms with Crippen LogP contribution in [0, 0.1) is 13.8 Å². The normalized spacial score (nSPS) is 18.1. The lowest BCUT2D eigenvalue weighted by Gasteiger charge is -2.24. The maximum Gasteiger partial charge on any atom is 0.252 e. The van der Waals surface area contributed by atoms with Crippen molar-refractivity contribution >= 4 is 17.2 Å². The van der Waals surface area contributed by atoms with E-state index in [2.05, 4.69) is 14.9 Å². The third kappa shape index (κ3) is 2.42. The minimum Gasteiger partial charge on any atom is -0.347 e. The molecule has 2 aromatic heterocycles. The number of carbonyl (C=O) groups is 1. The first-order valence-corrected chi connectivity index (χ1v) is 7.33. The molecule has 0 saturated heterocycles. The smallest absolute Gasteiger partial charge is 0.252 e. The lowest BCUT2D eigenvalue weighted by atomic mass is 10.1. The van der Waals surface area contributed by atoms with E-state index in [1.807, 2.05) is 32.3 Å². The number of amides is 1. The summed E-state index contributed by atoms with van der Waals surface area (Å²) < 4.78 is 2.13. The molecule has 19 heavy (non-hydrogen) atoms. The van der Waals surface area contributed by atoms with Gasteiger partial charge >= 0.3 is 0 Å². The van der Waals surface area contributed by atoms with Crippen molar-refractivity contribution in [2.45, 2.75) is 39.3 Å². The first kappa shape index (κ1) is 12.4. The number of thiophene rings is 1. The molecule has 3 rings (SSSR count). The van der Waals surface area contributed by atoms with Crippen LogP contribution in [0.1, 0.15) is 32.4 Å². The zero-order valence-corrected chi connectivity index (χ0v) is 12.0. The van der Waals surface area contributed by atoms with Gasteiger partial charge in [0.1, 0.15) is 5.82 Å². The van der Waals surface area contributed by atoms with Crippen molar-refractivity contribution in [1.29, 1.82) is 0 Å². The summed E-state index contributed by atoms with van der Waals surface area (Å²) in [7, 11) is 0. The largest absolute Gasteiger partial charge is 0.347 e. The highest BCUT2D eigenvalue weighted by Crippen LogP contribution is 2.21. The number of hydrogen-bond donors (Lipinski definition) is 1. The second-order valence-electron chi connectivity index (χ2n) is 5.03. The van der Waals surface area contributed by atoms with E-state index in [0.29, 0.717) is 0 Å². The number of fused-ring (bicyclic) bond motifs is 1. The Morgan fingerprint density at radius 1 is 1.53 bits per heavy atom. The van der Waals surface area contributed by atoms with Crippen molar-refractivity contribution in [2.24, 2.45) is 0 Å². The van der Waals surface area contributed by atoms with Gasteiger partial charge in [0.15, 0.2) is 0 Å². The summed E-state index contributed by atoms with van der Waals surface area (Å²) in [6, 6.07) is 2.18. The van der Waals surface area contributed by atoms with Crippen LogP contribution in [0.3, 0.4) is 0 Å². The summed E-state index contributed by atoms with van der Waals surface area (Å²) >= 11 is 1.67. The lowest BCUT2D eigenvalue weighted by molar-refractivity contribution is 0.0927. The molecule has 0 spiro atoms. The minimum absolute atomic E-state index is 0.0513. The molecule has 1 atom stereocenters. The zero-order chi connectivity index (χ0) is 13.4. The van der Waals surface area contributed by atoms with Gasteiger partial charge in [-0.2, -0.15) is 0 Å². The topological polar surface area (TPSA) is 46.9 Å². The van der Waals surface area contributed by atoms with E-state index in [0.717, 1.165) is 35.7 Å². The Bertz CT molecular complexity index is 614. The Hall–Kier alpha value is -1.62. The van der Waals surface area contributed by atoms with Crippen molar-refractivity contribution in [2.75, 3.05) is 0 Å². The standard InChI is InChI=1S/C14H17N3OS/c1-9-7-12(10(2)19-9)14(18)16-11-3-4-13-15-5-6-17(13)8-11/h5-7,11H,3-4,8H2,1-2H3,(H,16,18)/t11-/m1/s1. The molecule has 0 aliphatic carbocycles. The van der Waals surface area contributed by atoms with E-state index < -0.39 is 0 Å². The van der Waals surface area contributed by atoms with Crippen LogP contribution in [0.5, 0.6) is 0 Å². The summed E-state index contributed by atoms with van der Waals surface area (Å²) in [6.45, 7) is 4.86. The Morgan fingerprint density at radius 2 is 2.37 bits per heavy atom. The van der Waals surface area contributed by atoms with E-state index in [9.17, 15) is 4.79 Å². The number of imidazole rings is 1. The highest BCUT2D eigenvalue weighted by molar-refractivity contribution is 7.12. The molecule has 3 heterocycles. The van der Waals surface area contributed by atoms with E-state index >= 15 is 0 Å². The van der Waals surface area contributed by atoms with E-state index in [-0.39, 0.29) is 11.9 Å². The molecule has 0 unspecified atom stereocenters. The third-order valence-corrected chi connectivity index (χ3v) is 4.52. The van der Waals surface area contributed by atoms with Gasteiger partial charge in [-0.15, -0.1) is 11.3 Å². The molecule has 4 nitrogen and oxygen atoms in total. The van der Waals surface area contributed by atoms with Crippen molar-refractivity contribution < 1.29 is 4.79 Å². The van der Waals surface area contributed by atoms with Gasteiger partial charge in [-0.1, -0.05) is 0 Å². The van der Waals surface area contributed by atoms with Crippen LogP contribution in [-0.2, 0) is 13.0 Å². The second-order valence-corrected chi connectivity index (χ2v) is 6.49.